The highest BCUT2D eigenvalue weighted by Crippen LogP contribution is 2.41. The fraction of sp³-hybridized carbons (Fsp3) is 0.0556. The summed E-state index contributed by atoms with van der Waals surface area (Å²) >= 11 is 0. The molecule has 0 unspecified atom stereocenters. The van der Waals surface area contributed by atoms with Gasteiger partial charge in [0.15, 0.2) is 11.5 Å². The summed E-state index contributed by atoms with van der Waals surface area (Å²) < 4.78 is 12.8. The van der Waals surface area contributed by atoms with Crippen molar-refractivity contribution in [3.8, 4) is 11.5 Å². The monoisotopic (exact) mass is 522 g/mol. The van der Waals surface area contributed by atoms with Crippen LogP contribution in [0, 0.1) is 0 Å². The van der Waals surface area contributed by atoms with Crippen LogP contribution in [0.1, 0.15) is 19.4 Å². The van der Waals surface area contributed by atoms with Gasteiger partial charge in [-0.05, 0) is 80.1 Å². The Kier molecular flexibility index (Phi) is 7.06. The van der Waals surface area contributed by atoms with Crippen LogP contribution in [0.15, 0.2) is 154 Å². The minimum Gasteiger partial charge on any atom is -0.437 e. The van der Waals surface area contributed by atoms with Crippen molar-refractivity contribution >= 4 is 40.6 Å². The van der Waals surface area contributed by atoms with E-state index in [2.05, 4.69) is 90.4 Å². The van der Waals surface area contributed by atoms with E-state index in [-0.39, 0.29) is 0 Å². The van der Waals surface area contributed by atoms with Crippen LogP contribution in [0.5, 0.6) is 0 Å². The standard InChI is InChI=1S/C36H30N2O2/c1-27(2)26-28-18-20-32(21-19-28)38(31-16-10-5-11-17-31)36-25-23-34(40-36)33-22-24-35(39-33)37(29-12-6-3-7-13-29)30-14-8-4-9-15-30/h3-26H,1-2H3. The Bertz CT molecular complexity index is 1660. The third kappa shape index (κ3) is 5.33. The van der Waals surface area contributed by atoms with Crippen LogP contribution < -0.4 is 9.80 Å². The van der Waals surface area contributed by atoms with E-state index in [1.807, 2.05) is 78.9 Å². The van der Waals surface area contributed by atoms with E-state index < -0.39 is 0 Å². The zero-order chi connectivity index (χ0) is 27.3. The SMILES string of the molecule is CC(C)=Cc1ccc(N(c2ccccc2)c2ccc(-c3ccc(N(c4ccccc4)c4ccccc4)o3)o2)cc1. The lowest BCUT2D eigenvalue weighted by Gasteiger charge is -2.22. The second-order valence-electron chi connectivity index (χ2n) is 9.77. The normalized spacial score (nSPS) is 10.8. The number of nitrogens with zero attached hydrogens (tertiary/aromatic N) is 2. The average molecular weight is 523 g/mol. The molecule has 0 bridgehead atoms. The van der Waals surface area contributed by atoms with Gasteiger partial charge < -0.3 is 8.83 Å². The Morgan fingerprint density at radius 1 is 0.450 bits per heavy atom. The molecule has 0 amide bonds. The van der Waals surface area contributed by atoms with Crippen molar-refractivity contribution < 1.29 is 8.83 Å². The number of furan rings is 2. The lowest BCUT2D eigenvalue weighted by atomic mass is 10.1. The minimum absolute atomic E-state index is 0.657. The predicted octanol–water partition coefficient (Wildman–Crippen LogP) is 10.9. The number of anilines is 6. The van der Waals surface area contributed by atoms with Gasteiger partial charge in [-0.25, -0.2) is 0 Å². The maximum atomic E-state index is 6.44. The number of hydrogen-bond donors (Lipinski definition) is 0. The Balaban J connectivity index is 1.35. The zero-order valence-corrected chi connectivity index (χ0v) is 22.6. The molecular weight excluding hydrogens is 492 g/mol. The molecule has 6 aromatic rings. The van der Waals surface area contributed by atoms with Crippen molar-refractivity contribution in [2.45, 2.75) is 13.8 Å². The van der Waals surface area contributed by atoms with Crippen molar-refractivity contribution in [3.05, 3.63) is 151 Å². The van der Waals surface area contributed by atoms with E-state index in [9.17, 15) is 0 Å². The first-order valence-electron chi connectivity index (χ1n) is 13.4. The third-order valence-corrected chi connectivity index (χ3v) is 6.52. The largest absolute Gasteiger partial charge is 0.437 e. The first-order chi connectivity index (χ1) is 19.7. The van der Waals surface area contributed by atoms with Gasteiger partial charge in [0.1, 0.15) is 0 Å². The summed E-state index contributed by atoms with van der Waals surface area (Å²) in [4.78, 5) is 4.21. The molecule has 196 valence electrons. The second-order valence-corrected chi connectivity index (χ2v) is 9.77. The highest BCUT2D eigenvalue weighted by Gasteiger charge is 2.20. The maximum absolute atomic E-state index is 6.44. The van der Waals surface area contributed by atoms with Crippen LogP contribution in [0.2, 0.25) is 0 Å². The molecule has 40 heavy (non-hydrogen) atoms. The molecule has 4 heteroatoms. The van der Waals surface area contributed by atoms with E-state index in [1.165, 1.54) is 11.1 Å². The molecule has 4 nitrogen and oxygen atoms in total. The molecule has 0 spiro atoms. The molecule has 0 N–H and O–H groups in total. The summed E-state index contributed by atoms with van der Waals surface area (Å²) in [6, 6.07) is 47.0. The number of benzene rings is 4. The van der Waals surface area contributed by atoms with Gasteiger partial charge in [0, 0.05) is 34.9 Å². The molecular formula is C36H30N2O2. The molecule has 0 atom stereocenters. The van der Waals surface area contributed by atoms with Gasteiger partial charge in [0.25, 0.3) is 0 Å². The van der Waals surface area contributed by atoms with Crippen LogP contribution in [0.4, 0.5) is 34.5 Å². The summed E-state index contributed by atoms with van der Waals surface area (Å²) in [5.74, 6) is 2.73. The first kappa shape index (κ1) is 25.1. The molecule has 0 saturated carbocycles. The molecule has 2 aromatic heterocycles. The summed E-state index contributed by atoms with van der Waals surface area (Å²) in [7, 11) is 0. The van der Waals surface area contributed by atoms with E-state index in [1.54, 1.807) is 0 Å². The summed E-state index contributed by atoms with van der Waals surface area (Å²) in [6.07, 6.45) is 2.17. The van der Waals surface area contributed by atoms with Gasteiger partial charge in [-0.15, -0.1) is 0 Å². The van der Waals surface area contributed by atoms with Crippen molar-refractivity contribution in [1.82, 2.24) is 0 Å². The van der Waals surface area contributed by atoms with Gasteiger partial charge in [-0.2, -0.15) is 0 Å². The quantitative estimate of drug-likeness (QED) is 0.199. The fourth-order valence-electron chi connectivity index (χ4n) is 4.75. The molecule has 0 aliphatic carbocycles. The zero-order valence-electron chi connectivity index (χ0n) is 22.6. The number of hydrogen-bond acceptors (Lipinski definition) is 4. The van der Waals surface area contributed by atoms with Crippen molar-refractivity contribution in [3.63, 3.8) is 0 Å². The summed E-state index contributed by atoms with van der Waals surface area (Å²) in [5, 5.41) is 0. The molecule has 0 aliphatic rings. The van der Waals surface area contributed by atoms with E-state index >= 15 is 0 Å². The minimum atomic E-state index is 0.657. The Morgan fingerprint density at radius 3 is 1.20 bits per heavy atom. The lowest BCUT2D eigenvalue weighted by molar-refractivity contribution is 0.532. The van der Waals surface area contributed by atoms with Crippen LogP contribution in [-0.4, -0.2) is 0 Å². The van der Waals surface area contributed by atoms with Crippen molar-refractivity contribution in [1.29, 1.82) is 0 Å². The first-order valence-corrected chi connectivity index (χ1v) is 13.4. The van der Waals surface area contributed by atoms with Gasteiger partial charge in [0.05, 0.1) is 0 Å². The summed E-state index contributed by atoms with van der Waals surface area (Å²) in [6.45, 7) is 4.21. The van der Waals surface area contributed by atoms with Gasteiger partial charge in [0.2, 0.25) is 11.8 Å². The van der Waals surface area contributed by atoms with Gasteiger partial charge >= 0.3 is 0 Å². The molecule has 4 aromatic carbocycles. The molecule has 0 aliphatic heterocycles. The smallest absolute Gasteiger partial charge is 0.205 e. The number of para-hydroxylation sites is 3. The molecule has 0 fully saturated rings. The Labute approximate surface area is 235 Å². The van der Waals surface area contributed by atoms with Crippen LogP contribution in [0.3, 0.4) is 0 Å². The van der Waals surface area contributed by atoms with Crippen molar-refractivity contribution in [2.75, 3.05) is 9.80 Å². The lowest BCUT2D eigenvalue weighted by Crippen LogP contribution is -2.08. The predicted molar refractivity (Wildman–Crippen MR) is 165 cm³/mol. The van der Waals surface area contributed by atoms with Crippen LogP contribution in [0.25, 0.3) is 17.6 Å². The molecule has 2 heterocycles. The van der Waals surface area contributed by atoms with Crippen LogP contribution in [-0.2, 0) is 0 Å². The number of rotatable bonds is 8. The second kappa shape index (κ2) is 11.3. The Hall–Kier alpha value is -5.22. The van der Waals surface area contributed by atoms with Gasteiger partial charge in [-0.1, -0.05) is 78.4 Å². The van der Waals surface area contributed by atoms with E-state index in [4.69, 9.17) is 8.83 Å². The molecule has 6 rings (SSSR count). The van der Waals surface area contributed by atoms with Crippen LogP contribution >= 0.6 is 0 Å². The highest BCUT2D eigenvalue weighted by molar-refractivity contribution is 5.77. The van der Waals surface area contributed by atoms with E-state index in [0.29, 0.717) is 23.3 Å². The summed E-state index contributed by atoms with van der Waals surface area (Å²) in [5.41, 5.74) is 6.49. The fourth-order valence-corrected chi connectivity index (χ4v) is 4.75. The molecule has 0 radical (unpaired) electrons. The van der Waals surface area contributed by atoms with Crippen molar-refractivity contribution in [2.24, 2.45) is 0 Å². The topological polar surface area (TPSA) is 32.8 Å². The maximum Gasteiger partial charge on any atom is 0.205 e. The number of allylic oxidation sites excluding steroid dienone is 1. The third-order valence-electron chi connectivity index (χ3n) is 6.52. The highest BCUT2D eigenvalue weighted by atomic mass is 16.4. The molecule has 0 saturated heterocycles. The average Bonchev–Trinajstić information content (AvgIpc) is 3.67. The van der Waals surface area contributed by atoms with E-state index in [0.717, 1.165) is 22.7 Å². The van der Waals surface area contributed by atoms with Gasteiger partial charge in [-0.3, -0.25) is 9.80 Å². The Morgan fingerprint density at radius 2 is 0.825 bits per heavy atom.